The van der Waals surface area contributed by atoms with Gasteiger partial charge in [0.1, 0.15) is 0 Å². The van der Waals surface area contributed by atoms with Crippen molar-refractivity contribution >= 4 is 18.5 Å². The van der Waals surface area contributed by atoms with Gasteiger partial charge in [-0.1, -0.05) is 60.7 Å². The fraction of sp³-hybridized carbons (Fsp3) is 0.333. The minimum atomic E-state index is -0.287. The van der Waals surface area contributed by atoms with Crippen LogP contribution in [0.25, 0.3) is 0 Å². The Kier molecular flexibility index (Phi) is 7.45. The van der Waals surface area contributed by atoms with Crippen LogP contribution >= 0.6 is 7.92 Å². The Hall–Kier alpha value is -1.21. The summed E-state index contributed by atoms with van der Waals surface area (Å²) in [6, 6.07) is 21.6. The quantitative estimate of drug-likeness (QED) is 0.523. The second kappa shape index (κ2) is 9.68. The van der Waals surface area contributed by atoms with Gasteiger partial charge in [0, 0.05) is 13.7 Å². The second-order valence-electron chi connectivity index (χ2n) is 4.78. The Labute approximate surface area is 128 Å². The van der Waals surface area contributed by atoms with Crippen LogP contribution in [-0.2, 0) is 9.47 Å². The van der Waals surface area contributed by atoms with E-state index in [1.807, 2.05) is 0 Å². The first-order valence-electron chi connectivity index (χ1n) is 7.36. The van der Waals surface area contributed by atoms with Crippen molar-refractivity contribution in [1.29, 1.82) is 0 Å². The highest BCUT2D eigenvalue weighted by atomic mass is 31.1. The van der Waals surface area contributed by atoms with Crippen LogP contribution in [0, 0.1) is 0 Å². The molecule has 0 aliphatic rings. The maximum atomic E-state index is 5.58. The Morgan fingerprint density at radius 3 is 1.86 bits per heavy atom. The minimum absolute atomic E-state index is 0.287. The molecule has 0 heterocycles. The summed E-state index contributed by atoms with van der Waals surface area (Å²) in [6.45, 7) is 2.17. The van der Waals surface area contributed by atoms with E-state index in [0.29, 0.717) is 13.2 Å². The molecule has 0 aromatic heterocycles. The monoisotopic (exact) mass is 302 g/mol. The molecular formula is C18H23O2P. The summed E-state index contributed by atoms with van der Waals surface area (Å²) in [4.78, 5) is 0. The highest BCUT2D eigenvalue weighted by Crippen LogP contribution is 2.33. The van der Waals surface area contributed by atoms with Gasteiger partial charge in [-0.15, -0.1) is 0 Å². The van der Waals surface area contributed by atoms with Gasteiger partial charge in [0.25, 0.3) is 0 Å². The number of rotatable bonds is 9. The Morgan fingerprint density at radius 2 is 1.33 bits per heavy atom. The van der Waals surface area contributed by atoms with Crippen LogP contribution < -0.4 is 10.6 Å². The van der Waals surface area contributed by atoms with E-state index in [9.17, 15) is 0 Å². The van der Waals surface area contributed by atoms with Gasteiger partial charge in [-0.3, -0.25) is 0 Å². The summed E-state index contributed by atoms with van der Waals surface area (Å²) in [7, 11) is 1.42. The molecular weight excluding hydrogens is 279 g/mol. The molecule has 0 saturated heterocycles. The first-order chi connectivity index (χ1) is 10.4. The summed E-state index contributed by atoms with van der Waals surface area (Å²) >= 11 is 0. The van der Waals surface area contributed by atoms with Gasteiger partial charge in [0.05, 0.1) is 13.2 Å². The predicted molar refractivity (Wildman–Crippen MR) is 91.3 cm³/mol. The average Bonchev–Trinajstić information content (AvgIpc) is 2.56. The lowest BCUT2D eigenvalue weighted by Crippen LogP contribution is -2.15. The molecule has 0 radical (unpaired) electrons. The van der Waals surface area contributed by atoms with E-state index >= 15 is 0 Å². The number of benzene rings is 2. The molecule has 2 aromatic rings. The number of ether oxygens (including phenoxy) is 2. The van der Waals surface area contributed by atoms with E-state index in [1.54, 1.807) is 7.11 Å². The third kappa shape index (κ3) is 5.59. The van der Waals surface area contributed by atoms with Crippen LogP contribution in [0.5, 0.6) is 0 Å². The topological polar surface area (TPSA) is 18.5 Å². The van der Waals surface area contributed by atoms with Crippen molar-refractivity contribution in [2.24, 2.45) is 0 Å². The highest BCUT2D eigenvalue weighted by Gasteiger charge is 2.12. The SMILES string of the molecule is COCCOCCCP(c1ccccc1)c1ccccc1. The van der Waals surface area contributed by atoms with Crippen LogP contribution in [-0.4, -0.2) is 33.1 Å². The molecule has 0 spiro atoms. The Balaban J connectivity index is 1.94. The van der Waals surface area contributed by atoms with Crippen LogP contribution in [0.3, 0.4) is 0 Å². The molecule has 0 amide bonds. The third-order valence-corrected chi connectivity index (χ3v) is 5.84. The van der Waals surface area contributed by atoms with Gasteiger partial charge >= 0.3 is 0 Å². The van der Waals surface area contributed by atoms with Crippen LogP contribution in [0.4, 0.5) is 0 Å². The van der Waals surface area contributed by atoms with Crippen molar-refractivity contribution in [3.63, 3.8) is 0 Å². The number of methoxy groups -OCH3 is 1. The molecule has 112 valence electrons. The zero-order valence-corrected chi connectivity index (χ0v) is 13.5. The molecule has 2 nitrogen and oxygen atoms in total. The van der Waals surface area contributed by atoms with Crippen molar-refractivity contribution in [2.45, 2.75) is 6.42 Å². The average molecular weight is 302 g/mol. The normalized spacial score (nSPS) is 11.0. The van der Waals surface area contributed by atoms with E-state index in [2.05, 4.69) is 60.7 Å². The van der Waals surface area contributed by atoms with E-state index in [-0.39, 0.29) is 7.92 Å². The molecule has 0 saturated carbocycles. The lowest BCUT2D eigenvalue weighted by atomic mass is 10.4. The summed E-state index contributed by atoms with van der Waals surface area (Å²) < 4.78 is 10.6. The van der Waals surface area contributed by atoms with Gasteiger partial charge in [0.2, 0.25) is 0 Å². The summed E-state index contributed by atoms with van der Waals surface area (Å²) in [5.41, 5.74) is 0. The third-order valence-electron chi connectivity index (χ3n) is 3.24. The largest absolute Gasteiger partial charge is 0.382 e. The Bertz CT molecular complexity index is 448. The Morgan fingerprint density at radius 1 is 0.762 bits per heavy atom. The molecule has 21 heavy (non-hydrogen) atoms. The van der Waals surface area contributed by atoms with E-state index < -0.39 is 0 Å². The van der Waals surface area contributed by atoms with Gasteiger partial charge in [-0.25, -0.2) is 0 Å². The van der Waals surface area contributed by atoms with Crippen molar-refractivity contribution < 1.29 is 9.47 Å². The van der Waals surface area contributed by atoms with Gasteiger partial charge in [-0.2, -0.15) is 0 Å². The lowest BCUT2D eigenvalue weighted by Gasteiger charge is -2.18. The molecule has 0 aliphatic carbocycles. The smallest absolute Gasteiger partial charge is 0.0700 e. The molecule has 0 aliphatic heterocycles. The second-order valence-corrected chi connectivity index (χ2v) is 7.12. The standard InChI is InChI=1S/C18H23O2P/c1-19-14-15-20-13-8-16-21(17-9-4-2-5-10-17)18-11-6-3-7-12-18/h2-7,9-12H,8,13-16H2,1H3. The summed E-state index contributed by atoms with van der Waals surface area (Å²) in [5, 5.41) is 2.88. The molecule has 0 unspecified atom stereocenters. The van der Waals surface area contributed by atoms with Crippen LogP contribution in [0.15, 0.2) is 60.7 Å². The van der Waals surface area contributed by atoms with Crippen molar-refractivity contribution in [3.05, 3.63) is 60.7 Å². The van der Waals surface area contributed by atoms with E-state index in [4.69, 9.17) is 9.47 Å². The van der Waals surface area contributed by atoms with Gasteiger partial charge in [0.15, 0.2) is 0 Å². The van der Waals surface area contributed by atoms with Crippen LogP contribution in [0.2, 0.25) is 0 Å². The highest BCUT2D eigenvalue weighted by molar-refractivity contribution is 7.73. The first-order valence-corrected chi connectivity index (χ1v) is 8.89. The zero-order valence-electron chi connectivity index (χ0n) is 12.6. The van der Waals surface area contributed by atoms with Crippen LogP contribution in [0.1, 0.15) is 6.42 Å². The first kappa shape index (κ1) is 16.2. The minimum Gasteiger partial charge on any atom is -0.382 e. The fourth-order valence-corrected chi connectivity index (χ4v) is 4.52. The summed E-state index contributed by atoms with van der Waals surface area (Å²) in [5.74, 6) is 0. The molecule has 2 aromatic carbocycles. The molecule has 0 fully saturated rings. The summed E-state index contributed by atoms with van der Waals surface area (Å²) in [6.07, 6.45) is 2.25. The van der Waals surface area contributed by atoms with E-state index in [1.165, 1.54) is 10.6 Å². The van der Waals surface area contributed by atoms with Gasteiger partial charge < -0.3 is 9.47 Å². The zero-order chi connectivity index (χ0) is 14.8. The predicted octanol–water partition coefficient (Wildman–Crippen LogP) is 3.17. The lowest BCUT2D eigenvalue weighted by molar-refractivity contribution is 0.0713. The van der Waals surface area contributed by atoms with Crippen molar-refractivity contribution in [2.75, 3.05) is 33.1 Å². The number of hydrogen-bond donors (Lipinski definition) is 0. The number of hydrogen-bond acceptors (Lipinski definition) is 2. The maximum absolute atomic E-state index is 5.58. The maximum Gasteiger partial charge on any atom is 0.0700 e. The van der Waals surface area contributed by atoms with Crippen molar-refractivity contribution in [1.82, 2.24) is 0 Å². The molecule has 0 atom stereocenters. The molecule has 0 bridgehead atoms. The van der Waals surface area contributed by atoms with Crippen molar-refractivity contribution in [3.8, 4) is 0 Å². The van der Waals surface area contributed by atoms with E-state index in [0.717, 1.165) is 19.2 Å². The molecule has 0 N–H and O–H groups in total. The molecule has 3 heteroatoms. The fourth-order valence-electron chi connectivity index (χ4n) is 2.19. The van der Waals surface area contributed by atoms with Gasteiger partial charge in [-0.05, 0) is 31.1 Å². The molecule has 2 rings (SSSR count).